The third-order valence-corrected chi connectivity index (χ3v) is 4.35. The Bertz CT molecular complexity index is 766. The maximum Gasteiger partial charge on any atom is 0.534 e. The SMILES string of the molecule is C/C1=C/CCc2cc(OS(=O)(=O)C(F)(F)F)ccc2OC(=O)CC1. The zero-order valence-electron chi connectivity index (χ0n) is 12.7. The van der Waals surface area contributed by atoms with Crippen LogP contribution in [-0.4, -0.2) is 19.9 Å². The van der Waals surface area contributed by atoms with Crippen molar-refractivity contribution in [3.63, 3.8) is 0 Å². The van der Waals surface area contributed by atoms with Gasteiger partial charge in [-0.05, 0) is 49.9 Å². The van der Waals surface area contributed by atoms with Gasteiger partial charge in [0, 0.05) is 6.42 Å². The molecule has 0 fully saturated rings. The van der Waals surface area contributed by atoms with Crippen molar-refractivity contribution in [3.8, 4) is 11.5 Å². The first-order chi connectivity index (χ1) is 11.1. The maximum absolute atomic E-state index is 12.4. The third-order valence-electron chi connectivity index (χ3n) is 3.38. The number of hydrogen-bond acceptors (Lipinski definition) is 5. The van der Waals surface area contributed by atoms with Crippen LogP contribution in [0.25, 0.3) is 0 Å². The van der Waals surface area contributed by atoms with Crippen LogP contribution >= 0.6 is 0 Å². The molecule has 0 saturated heterocycles. The first-order valence-electron chi connectivity index (χ1n) is 7.08. The van der Waals surface area contributed by atoms with Crippen molar-refractivity contribution in [1.82, 2.24) is 0 Å². The lowest BCUT2D eigenvalue weighted by atomic mass is 10.0. The molecule has 0 N–H and O–H groups in total. The van der Waals surface area contributed by atoms with Crippen LogP contribution in [0.5, 0.6) is 11.5 Å². The molecule has 1 heterocycles. The number of carbonyl (C=O) groups excluding carboxylic acids is 1. The van der Waals surface area contributed by atoms with Gasteiger partial charge in [0.15, 0.2) is 0 Å². The largest absolute Gasteiger partial charge is 0.534 e. The standard InChI is InChI=1S/C15H15F3O5S/c1-10-3-2-4-11-9-12(23-24(20,21)15(16,17)18)6-7-13(11)22-14(19)8-5-10/h3,6-7,9H,2,4-5,8H2,1H3/b10-3-. The zero-order chi connectivity index (χ0) is 18.0. The molecule has 0 aliphatic carbocycles. The number of ether oxygens (including phenoxy) is 1. The van der Waals surface area contributed by atoms with E-state index in [-0.39, 0.29) is 12.2 Å². The number of alkyl halides is 3. The van der Waals surface area contributed by atoms with Crippen LogP contribution in [0.2, 0.25) is 0 Å². The predicted molar refractivity (Wildman–Crippen MR) is 79.0 cm³/mol. The molecular formula is C15H15F3O5S. The number of hydrogen-bond donors (Lipinski definition) is 0. The Morgan fingerprint density at radius 2 is 1.88 bits per heavy atom. The number of allylic oxidation sites excluding steroid dienone is 2. The minimum Gasteiger partial charge on any atom is -0.426 e. The minimum atomic E-state index is -5.75. The summed E-state index contributed by atoms with van der Waals surface area (Å²) in [6.07, 6.45) is 3.61. The maximum atomic E-state index is 12.4. The van der Waals surface area contributed by atoms with Gasteiger partial charge in [-0.1, -0.05) is 11.6 Å². The van der Waals surface area contributed by atoms with Gasteiger partial charge in [-0.15, -0.1) is 0 Å². The van der Waals surface area contributed by atoms with Crippen molar-refractivity contribution >= 4 is 16.1 Å². The summed E-state index contributed by atoms with van der Waals surface area (Å²) in [5, 5.41) is 0. The van der Waals surface area contributed by atoms with Crippen LogP contribution in [0.1, 0.15) is 31.7 Å². The molecule has 0 unspecified atom stereocenters. The summed E-state index contributed by atoms with van der Waals surface area (Å²) in [6, 6.07) is 3.38. The molecule has 2 rings (SSSR count). The van der Waals surface area contributed by atoms with Gasteiger partial charge in [0.25, 0.3) is 0 Å². The Labute approximate surface area is 137 Å². The number of benzene rings is 1. The van der Waals surface area contributed by atoms with Gasteiger partial charge < -0.3 is 8.92 Å². The zero-order valence-corrected chi connectivity index (χ0v) is 13.5. The Morgan fingerprint density at radius 3 is 2.54 bits per heavy atom. The van der Waals surface area contributed by atoms with Crippen molar-refractivity contribution in [1.29, 1.82) is 0 Å². The third kappa shape index (κ3) is 4.50. The van der Waals surface area contributed by atoms with Gasteiger partial charge in [0.05, 0.1) is 0 Å². The van der Waals surface area contributed by atoms with E-state index < -0.39 is 27.3 Å². The predicted octanol–water partition coefficient (Wildman–Crippen LogP) is 3.49. The summed E-state index contributed by atoms with van der Waals surface area (Å²) in [4.78, 5) is 11.7. The van der Waals surface area contributed by atoms with E-state index >= 15 is 0 Å². The Morgan fingerprint density at radius 1 is 1.17 bits per heavy atom. The van der Waals surface area contributed by atoms with Crippen molar-refractivity contribution in [2.45, 2.75) is 38.1 Å². The molecule has 0 atom stereocenters. The van der Waals surface area contributed by atoms with Crippen LogP contribution in [0, 0.1) is 0 Å². The van der Waals surface area contributed by atoms with Crippen molar-refractivity contribution < 1.29 is 35.3 Å². The molecule has 1 aliphatic rings. The van der Waals surface area contributed by atoms with Gasteiger partial charge in [-0.3, -0.25) is 4.79 Å². The molecule has 0 spiro atoms. The van der Waals surface area contributed by atoms with E-state index in [0.717, 1.165) is 17.7 Å². The smallest absolute Gasteiger partial charge is 0.426 e. The molecule has 1 aromatic rings. The molecule has 1 aromatic carbocycles. The molecule has 0 amide bonds. The molecule has 9 heteroatoms. The molecule has 1 aliphatic heterocycles. The molecule has 0 bridgehead atoms. The highest BCUT2D eigenvalue weighted by Gasteiger charge is 2.48. The van der Waals surface area contributed by atoms with Gasteiger partial charge in [-0.2, -0.15) is 21.6 Å². The molecule has 0 saturated carbocycles. The van der Waals surface area contributed by atoms with E-state index in [4.69, 9.17) is 4.74 Å². The Kier molecular flexibility index (Phi) is 5.22. The van der Waals surface area contributed by atoms with E-state index in [1.165, 1.54) is 6.07 Å². The first-order valence-corrected chi connectivity index (χ1v) is 8.49. The van der Waals surface area contributed by atoms with Crippen molar-refractivity contribution in [2.24, 2.45) is 0 Å². The molecule has 5 nitrogen and oxygen atoms in total. The monoisotopic (exact) mass is 364 g/mol. The van der Waals surface area contributed by atoms with E-state index in [0.29, 0.717) is 24.8 Å². The lowest BCUT2D eigenvalue weighted by Crippen LogP contribution is -2.28. The lowest BCUT2D eigenvalue weighted by molar-refractivity contribution is -0.134. The molecule has 24 heavy (non-hydrogen) atoms. The molecule has 132 valence electrons. The second-order valence-electron chi connectivity index (χ2n) is 5.32. The highest BCUT2D eigenvalue weighted by Crippen LogP contribution is 2.31. The van der Waals surface area contributed by atoms with Crippen LogP contribution < -0.4 is 8.92 Å². The van der Waals surface area contributed by atoms with Crippen molar-refractivity contribution in [3.05, 3.63) is 35.4 Å². The summed E-state index contributed by atoms with van der Waals surface area (Å²) in [5.74, 6) is -0.771. The van der Waals surface area contributed by atoms with Crippen LogP contribution in [0.15, 0.2) is 29.8 Å². The number of rotatable bonds is 2. The van der Waals surface area contributed by atoms with Gasteiger partial charge in [-0.25, -0.2) is 0 Å². The summed E-state index contributed by atoms with van der Waals surface area (Å²) in [5.41, 5.74) is -4.12. The fourth-order valence-corrected chi connectivity index (χ4v) is 2.58. The fraction of sp³-hybridized carbons (Fsp3) is 0.400. The lowest BCUT2D eigenvalue weighted by Gasteiger charge is -2.14. The van der Waals surface area contributed by atoms with Gasteiger partial charge >= 0.3 is 21.6 Å². The molecule has 0 aromatic heterocycles. The van der Waals surface area contributed by atoms with E-state index in [1.807, 2.05) is 13.0 Å². The van der Waals surface area contributed by atoms with Gasteiger partial charge in [0.1, 0.15) is 11.5 Å². The topological polar surface area (TPSA) is 69.7 Å². The quantitative estimate of drug-likeness (QED) is 0.264. The fourth-order valence-electron chi connectivity index (χ4n) is 2.13. The normalized spacial score (nSPS) is 18.8. The number of esters is 1. The summed E-state index contributed by atoms with van der Waals surface area (Å²) < 4.78 is 68.6. The minimum absolute atomic E-state index is 0.183. The van der Waals surface area contributed by atoms with E-state index in [2.05, 4.69) is 4.18 Å². The highest BCUT2D eigenvalue weighted by molar-refractivity contribution is 7.88. The van der Waals surface area contributed by atoms with Gasteiger partial charge in [0.2, 0.25) is 0 Å². The Balaban J connectivity index is 2.31. The summed E-state index contributed by atoms with van der Waals surface area (Å²) in [7, 11) is -5.75. The van der Waals surface area contributed by atoms with Crippen molar-refractivity contribution in [2.75, 3.05) is 0 Å². The first kappa shape index (κ1) is 18.3. The molecule has 0 radical (unpaired) electrons. The second kappa shape index (κ2) is 6.84. The molecular weight excluding hydrogens is 349 g/mol. The van der Waals surface area contributed by atoms with Crippen LogP contribution in [0.3, 0.4) is 0 Å². The van der Waals surface area contributed by atoms with E-state index in [9.17, 15) is 26.4 Å². The number of carbonyl (C=O) groups is 1. The summed E-state index contributed by atoms with van der Waals surface area (Å²) in [6.45, 7) is 1.87. The average Bonchev–Trinajstić information content (AvgIpc) is 2.46. The average molecular weight is 364 g/mol. The van der Waals surface area contributed by atoms with Crippen LogP contribution in [0.4, 0.5) is 13.2 Å². The number of aryl methyl sites for hydroxylation is 1. The summed E-state index contributed by atoms with van der Waals surface area (Å²) >= 11 is 0. The highest BCUT2D eigenvalue weighted by atomic mass is 32.2. The van der Waals surface area contributed by atoms with E-state index in [1.54, 1.807) is 0 Å². The Hall–Kier alpha value is -2.03. The number of fused-ring (bicyclic) bond motifs is 1. The number of halogens is 3. The second-order valence-corrected chi connectivity index (χ2v) is 6.85. The van der Waals surface area contributed by atoms with Crippen LogP contribution in [-0.2, 0) is 21.3 Å².